The Morgan fingerprint density at radius 1 is 0.473 bits per heavy atom. The lowest BCUT2D eigenvalue weighted by molar-refractivity contribution is 0.781. The number of fused-ring (bicyclic) bond motifs is 1. The molecule has 7 aromatic rings. The standard InChI is InChI=1S/C51H38N4/c52-48(39-22-10-3-11-23-39)47(37-20-8-2-9-21-37)50-43-29-17-16-28-42(43)46(49(55-50)40-24-12-4-13-25-40)38-32-30-36(31-33-38)45-34-44(35-18-6-1-7-19-35)53-51(54-45)41-26-14-5-15-27-41/h1-34,44,52,55H,(H,53,54)/b50-47-,52-48?. The third kappa shape index (κ3) is 6.74. The molecule has 1 unspecified atom stereocenters. The molecule has 2 aliphatic rings. The molecule has 0 bridgehead atoms. The van der Waals surface area contributed by atoms with Gasteiger partial charge in [-0.3, -0.25) is 5.41 Å². The second-order valence-corrected chi connectivity index (χ2v) is 13.6. The van der Waals surface area contributed by atoms with E-state index in [0.717, 1.165) is 78.6 Å². The molecule has 0 saturated carbocycles. The Morgan fingerprint density at radius 2 is 0.982 bits per heavy atom. The van der Waals surface area contributed by atoms with E-state index in [2.05, 4.69) is 138 Å². The summed E-state index contributed by atoms with van der Waals surface area (Å²) in [5, 5.41) is 17.2. The topological polar surface area (TPSA) is 60.3 Å². The van der Waals surface area contributed by atoms with E-state index in [9.17, 15) is 5.41 Å². The highest BCUT2D eigenvalue weighted by molar-refractivity contribution is 6.36. The van der Waals surface area contributed by atoms with E-state index in [1.165, 1.54) is 5.56 Å². The highest BCUT2D eigenvalue weighted by atomic mass is 15.0. The molecule has 262 valence electrons. The molecular weight excluding hydrogens is 669 g/mol. The molecular formula is C51H38N4. The largest absolute Gasteiger partial charge is 0.359 e. The summed E-state index contributed by atoms with van der Waals surface area (Å²) in [6, 6.07) is 68.9. The minimum absolute atomic E-state index is 0.0240. The van der Waals surface area contributed by atoms with Crippen molar-refractivity contribution in [2.45, 2.75) is 6.04 Å². The highest BCUT2D eigenvalue weighted by Crippen LogP contribution is 2.43. The molecule has 0 aromatic heterocycles. The van der Waals surface area contributed by atoms with Gasteiger partial charge in [-0.05, 0) is 39.5 Å². The van der Waals surface area contributed by atoms with Crippen molar-refractivity contribution >= 4 is 39.8 Å². The number of hydrogen-bond acceptors (Lipinski definition) is 4. The molecule has 2 aliphatic heterocycles. The lowest BCUT2D eigenvalue weighted by Gasteiger charge is -2.30. The maximum absolute atomic E-state index is 9.61. The maximum Gasteiger partial charge on any atom is 0.134 e. The summed E-state index contributed by atoms with van der Waals surface area (Å²) in [5.74, 6) is 0.852. The van der Waals surface area contributed by atoms with Crippen molar-refractivity contribution in [3.63, 3.8) is 0 Å². The number of hydrogen-bond donors (Lipinski definition) is 3. The van der Waals surface area contributed by atoms with Crippen LogP contribution in [0.4, 0.5) is 0 Å². The summed E-state index contributed by atoms with van der Waals surface area (Å²) in [6.45, 7) is 0. The average Bonchev–Trinajstić information content (AvgIpc) is 3.28. The molecule has 0 amide bonds. The van der Waals surface area contributed by atoms with Crippen molar-refractivity contribution in [3.05, 3.63) is 256 Å². The Balaban J connectivity index is 1.20. The van der Waals surface area contributed by atoms with Crippen LogP contribution in [0.5, 0.6) is 0 Å². The maximum atomic E-state index is 9.61. The predicted molar refractivity (Wildman–Crippen MR) is 228 cm³/mol. The zero-order valence-corrected chi connectivity index (χ0v) is 30.2. The molecule has 4 nitrogen and oxygen atoms in total. The van der Waals surface area contributed by atoms with E-state index in [-0.39, 0.29) is 6.04 Å². The van der Waals surface area contributed by atoms with E-state index in [4.69, 9.17) is 4.99 Å². The van der Waals surface area contributed by atoms with Crippen molar-refractivity contribution in [3.8, 4) is 0 Å². The summed E-state index contributed by atoms with van der Waals surface area (Å²) in [5.41, 5.74) is 14.7. The van der Waals surface area contributed by atoms with Crippen LogP contribution in [0, 0.1) is 5.41 Å². The first kappa shape index (κ1) is 33.5. The van der Waals surface area contributed by atoms with Crippen LogP contribution in [0.25, 0.3) is 28.2 Å². The Kier molecular flexibility index (Phi) is 9.13. The molecule has 55 heavy (non-hydrogen) atoms. The normalized spacial score (nSPS) is 15.8. The predicted octanol–water partition coefficient (Wildman–Crippen LogP) is 11.3. The van der Waals surface area contributed by atoms with Crippen molar-refractivity contribution < 1.29 is 0 Å². The Morgan fingerprint density at radius 3 is 1.62 bits per heavy atom. The monoisotopic (exact) mass is 706 g/mol. The number of aliphatic imine (C=N–C) groups is 1. The fourth-order valence-electron chi connectivity index (χ4n) is 7.48. The van der Waals surface area contributed by atoms with Gasteiger partial charge in [0.2, 0.25) is 0 Å². The number of nitrogens with zero attached hydrogens (tertiary/aromatic N) is 1. The van der Waals surface area contributed by atoms with Crippen LogP contribution < -0.4 is 10.6 Å². The molecule has 1 atom stereocenters. The summed E-state index contributed by atoms with van der Waals surface area (Å²) < 4.78 is 0. The fourth-order valence-corrected chi connectivity index (χ4v) is 7.48. The number of allylic oxidation sites excluding steroid dienone is 1. The molecule has 2 heterocycles. The highest BCUT2D eigenvalue weighted by Gasteiger charge is 2.29. The summed E-state index contributed by atoms with van der Waals surface area (Å²) in [4.78, 5) is 5.15. The van der Waals surface area contributed by atoms with Crippen LogP contribution in [-0.2, 0) is 0 Å². The second-order valence-electron chi connectivity index (χ2n) is 13.6. The minimum atomic E-state index is -0.0240. The van der Waals surface area contributed by atoms with Gasteiger partial charge in [0, 0.05) is 27.8 Å². The van der Waals surface area contributed by atoms with E-state index in [1.54, 1.807) is 0 Å². The van der Waals surface area contributed by atoms with E-state index < -0.39 is 0 Å². The second kappa shape index (κ2) is 15.0. The third-order valence-electron chi connectivity index (χ3n) is 10.2. The first-order valence-corrected chi connectivity index (χ1v) is 18.6. The molecule has 0 saturated heterocycles. The van der Waals surface area contributed by atoms with Gasteiger partial charge in [0.15, 0.2) is 0 Å². The van der Waals surface area contributed by atoms with Crippen molar-refractivity contribution in [2.75, 3.05) is 0 Å². The number of rotatable bonds is 8. The van der Waals surface area contributed by atoms with Gasteiger partial charge in [-0.2, -0.15) is 0 Å². The van der Waals surface area contributed by atoms with E-state index >= 15 is 0 Å². The van der Waals surface area contributed by atoms with Gasteiger partial charge in [0.05, 0.1) is 28.8 Å². The van der Waals surface area contributed by atoms with Gasteiger partial charge in [0.25, 0.3) is 0 Å². The molecule has 4 heteroatoms. The van der Waals surface area contributed by atoms with Crippen LogP contribution in [-0.4, -0.2) is 11.5 Å². The van der Waals surface area contributed by atoms with Crippen molar-refractivity contribution in [1.82, 2.24) is 10.6 Å². The van der Waals surface area contributed by atoms with Crippen molar-refractivity contribution in [2.24, 2.45) is 4.99 Å². The first-order valence-electron chi connectivity index (χ1n) is 18.6. The van der Waals surface area contributed by atoms with Gasteiger partial charge in [-0.25, -0.2) is 4.99 Å². The molecule has 0 fully saturated rings. The smallest absolute Gasteiger partial charge is 0.134 e. The fraction of sp³-hybridized carbons (Fsp3) is 0.0196. The molecule has 9 rings (SSSR count). The number of nitrogens with one attached hydrogen (secondary N) is 3. The Hall–Kier alpha value is -7.30. The molecule has 0 aliphatic carbocycles. The van der Waals surface area contributed by atoms with Gasteiger partial charge in [-0.15, -0.1) is 0 Å². The Bertz CT molecular complexity index is 2610. The van der Waals surface area contributed by atoms with E-state index in [0.29, 0.717) is 5.71 Å². The van der Waals surface area contributed by atoms with Crippen LogP contribution in [0.1, 0.15) is 56.1 Å². The summed E-state index contributed by atoms with van der Waals surface area (Å²) in [7, 11) is 0. The quantitative estimate of drug-likeness (QED) is 0.138. The SMILES string of the molecule is N=C(/C(=C1\NC(c2ccccc2)=C(c2ccc(C3=CC(c4ccccc4)NC(c4ccccc4)=N3)cc2)c2ccccc21)c1ccccc1)c1ccccc1. The third-order valence-corrected chi connectivity index (χ3v) is 10.2. The lowest BCUT2D eigenvalue weighted by atomic mass is 9.82. The summed E-state index contributed by atoms with van der Waals surface area (Å²) in [6.07, 6.45) is 2.22. The number of amidine groups is 1. The van der Waals surface area contributed by atoms with E-state index in [1.807, 2.05) is 78.9 Å². The van der Waals surface area contributed by atoms with Gasteiger partial charge in [0.1, 0.15) is 5.84 Å². The number of benzene rings is 7. The van der Waals surface area contributed by atoms with Crippen LogP contribution >= 0.6 is 0 Å². The molecule has 0 radical (unpaired) electrons. The van der Waals surface area contributed by atoms with Crippen LogP contribution in [0.3, 0.4) is 0 Å². The first-order chi connectivity index (χ1) is 27.2. The summed E-state index contributed by atoms with van der Waals surface area (Å²) >= 11 is 0. The van der Waals surface area contributed by atoms with Crippen LogP contribution in [0.15, 0.2) is 211 Å². The van der Waals surface area contributed by atoms with Crippen molar-refractivity contribution in [1.29, 1.82) is 5.41 Å². The molecule has 7 aromatic carbocycles. The zero-order valence-electron chi connectivity index (χ0n) is 30.2. The van der Waals surface area contributed by atoms with Crippen LogP contribution in [0.2, 0.25) is 0 Å². The molecule has 3 N–H and O–H groups in total. The van der Waals surface area contributed by atoms with Gasteiger partial charge >= 0.3 is 0 Å². The zero-order chi connectivity index (χ0) is 37.0. The Labute approximate surface area is 322 Å². The lowest BCUT2D eigenvalue weighted by Crippen LogP contribution is -2.31. The van der Waals surface area contributed by atoms with Gasteiger partial charge < -0.3 is 10.6 Å². The minimum Gasteiger partial charge on any atom is -0.359 e. The average molecular weight is 707 g/mol. The molecule has 0 spiro atoms. The van der Waals surface area contributed by atoms with Gasteiger partial charge in [-0.1, -0.05) is 200 Å².